The van der Waals surface area contributed by atoms with E-state index in [0.717, 1.165) is 96.3 Å². The van der Waals surface area contributed by atoms with Crippen molar-refractivity contribution in [3.8, 4) is 0 Å². The van der Waals surface area contributed by atoms with Crippen molar-refractivity contribution in [3.05, 3.63) is 36.5 Å². The molecule has 0 radical (unpaired) electrons. The Bertz CT molecular complexity index is 1050. The molecule has 62 heavy (non-hydrogen) atoms. The van der Waals surface area contributed by atoms with Crippen molar-refractivity contribution in [1.82, 2.24) is 0 Å². The molecule has 0 saturated heterocycles. The fourth-order valence-electron chi connectivity index (χ4n) is 7.87. The predicted molar refractivity (Wildman–Crippen MR) is 266 cm³/mol. The van der Waals surface area contributed by atoms with E-state index < -0.39 is 6.10 Å². The van der Waals surface area contributed by atoms with Crippen molar-refractivity contribution in [3.63, 3.8) is 0 Å². The smallest absolute Gasteiger partial charge is 0.306 e. The standard InChI is InChI=1S/C56H102O6/c1-4-7-10-13-16-19-22-25-27-28-30-32-35-38-41-44-47-50-56(59)62-53(51-60-54(57)48-45-42-39-36-33-24-21-18-15-12-9-6-3)52-61-55(58)49-46-43-40-37-34-31-29-26-23-20-17-14-11-8-5-2/h8,11,17,20,26,29,53H,4-7,9-10,12-16,18-19,21-25,27-28,30-52H2,1-3H3/b11-8-,20-17-,29-26-/t53-/m0/s1. The lowest BCUT2D eigenvalue weighted by Gasteiger charge is -2.18. The van der Waals surface area contributed by atoms with Crippen molar-refractivity contribution in [2.45, 2.75) is 290 Å². The molecule has 6 heteroatoms. The van der Waals surface area contributed by atoms with Crippen LogP contribution in [0.2, 0.25) is 0 Å². The summed E-state index contributed by atoms with van der Waals surface area (Å²) in [4.78, 5) is 38.0. The van der Waals surface area contributed by atoms with Gasteiger partial charge in [0.05, 0.1) is 0 Å². The van der Waals surface area contributed by atoms with Gasteiger partial charge in [0.2, 0.25) is 0 Å². The molecule has 0 N–H and O–H groups in total. The molecule has 0 heterocycles. The number of hydrogen-bond donors (Lipinski definition) is 0. The highest BCUT2D eigenvalue weighted by atomic mass is 16.6. The van der Waals surface area contributed by atoms with Crippen LogP contribution in [0.5, 0.6) is 0 Å². The molecule has 0 spiro atoms. The van der Waals surface area contributed by atoms with E-state index in [9.17, 15) is 14.4 Å². The molecule has 0 aromatic heterocycles. The average molecular weight is 871 g/mol. The summed E-state index contributed by atoms with van der Waals surface area (Å²) in [6, 6.07) is 0. The van der Waals surface area contributed by atoms with Crippen molar-refractivity contribution in [2.24, 2.45) is 0 Å². The van der Waals surface area contributed by atoms with Crippen molar-refractivity contribution >= 4 is 17.9 Å². The molecule has 0 bridgehead atoms. The summed E-state index contributed by atoms with van der Waals surface area (Å²) in [6.07, 6.45) is 59.8. The van der Waals surface area contributed by atoms with E-state index >= 15 is 0 Å². The minimum Gasteiger partial charge on any atom is -0.462 e. The Hall–Kier alpha value is -2.37. The Labute approximate surface area is 385 Å². The van der Waals surface area contributed by atoms with Crippen LogP contribution in [0.4, 0.5) is 0 Å². The number of carbonyl (C=O) groups is 3. The SMILES string of the molecule is CC/C=C\C/C=C\C/C=C\CCCCCCCC(=O)OC[C@H](COC(=O)CCCCCCCCCCCCCC)OC(=O)CCCCCCCCCCCCCCCCCCC. The summed E-state index contributed by atoms with van der Waals surface area (Å²) in [5.74, 6) is -0.876. The Morgan fingerprint density at radius 2 is 0.629 bits per heavy atom. The first-order valence-corrected chi connectivity index (χ1v) is 27.0. The van der Waals surface area contributed by atoms with Gasteiger partial charge >= 0.3 is 17.9 Å². The number of esters is 3. The second-order valence-electron chi connectivity index (χ2n) is 18.1. The molecule has 0 rings (SSSR count). The van der Waals surface area contributed by atoms with Crippen LogP contribution in [0.3, 0.4) is 0 Å². The van der Waals surface area contributed by atoms with E-state index in [1.54, 1.807) is 0 Å². The van der Waals surface area contributed by atoms with Gasteiger partial charge in [-0.3, -0.25) is 14.4 Å². The van der Waals surface area contributed by atoms with Crippen LogP contribution >= 0.6 is 0 Å². The van der Waals surface area contributed by atoms with Crippen LogP contribution in [0.1, 0.15) is 284 Å². The lowest BCUT2D eigenvalue weighted by Crippen LogP contribution is -2.30. The van der Waals surface area contributed by atoms with Crippen molar-refractivity contribution in [2.75, 3.05) is 13.2 Å². The summed E-state index contributed by atoms with van der Waals surface area (Å²) < 4.78 is 16.8. The zero-order valence-electron chi connectivity index (χ0n) is 41.4. The molecule has 0 amide bonds. The van der Waals surface area contributed by atoms with Gasteiger partial charge in [-0.15, -0.1) is 0 Å². The highest BCUT2D eigenvalue weighted by Gasteiger charge is 2.19. The predicted octanol–water partition coefficient (Wildman–Crippen LogP) is 17.7. The summed E-state index contributed by atoms with van der Waals surface area (Å²) in [5.41, 5.74) is 0. The van der Waals surface area contributed by atoms with Crippen molar-refractivity contribution in [1.29, 1.82) is 0 Å². The van der Waals surface area contributed by atoms with Gasteiger partial charge < -0.3 is 14.2 Å². The highest BCUT2D eigenvalue weighted by molar-refractivity contribution is 5.71. The lowest BCUT2D eigenvalue weighted by atomic mass is 10.0. The van der Waals surface area contributed by atoms with Gasteiger partial charge in [-0.25, -0.2) is 0 Å². The van der Waals surface area contributed by atoms with Gasteiger partial charge in [0.15, 0.2) is 6.10 Å². The lowest BCUT2D eigenvalue weighted by molar-refractivity contribution is -0.167. The minimum absolute atomic E-state index is 0.0732. The zero-order valence-corrected chi connectivity index (χ0v) is 41.4. The second-order valence-corrected chi connectivity index (χ2v) is 18.1. The average Bonchev–Trinajstić information content (AvgIpc) is 3.27. The molecule has 0 unspecified atom stereocenters. The van der Waals surface area contributed by atoms with Gasteiger partial charge in [0, 0.05) is 19.3 Å². The Morgan fingerprint density at radius 1 is 0.339 bits per heavy atom. The molecular weight excluding hydrogens is 769 g/mol. The molecule has 0 fully saturated rings. The van der Waals surface area contributed by atoms with Crippen LogP contribution in [0.15, 0.2) is 36.5 Å². The van der Waals surface area contributed by atoms with Crippen LogP contribution in [-0.4, -0.2) is 37.2 Å². The fourth-order valence-corrected chi connectivity index (χ4v) is 7.87. The third kappa shape index (κ3) is 48.7. The topological polar surface area (TPSA) is 78.9 Å². The van der Waals surface area contributed by atoms with E-state index in [1.807, 2.05) is 0 Å². The fraction of sp³-hybridized carbons (Fsp3) is 0.839. The summed E-state index contributed by atoms with van der Waals surface area (Å²) in [5, 5.41) is 0. The molecular formula is C56H102O6. The van der Waals surface area contributed by atoms with E-state index in [-0.39, 0.29) is 31.1 Å². The quantitative estimate of drug-likeness (QED) is 0.0262. The molecule has 362 valence electrons. The minimum atomic E-state index is -0.774. The third-order valence-electron chi connectivity index (χ3n) is 11.9. The van der Waals surface area contributed by atoms with E-state index in [1.165, 1.54) is 148 Å². The third-order valence-corrected chi connectivity index (χ3v) is 11.9. The number of rotatable bonds is 49. The van der Waals surface area contributed by atoms with Gasteiger partial charge in [-0.2, -0.15) is 0 Å². The number of carbonyl (C=O) groups excluding carboxylic acids is 3. The maximum atomic E-state index is 12.8. The van der Waals surface area contributed by atoms with E-state index in [2.05, 4.69) is 57.2 Å². The molecule has 0 saturated carbocycles. The maximum Gasteiger partial charge on any atom is 0.306 e. The number of unbranched alkanes of at least 4 members (excludes halogenated alkanes) is 32. The van der Waals surface area contributed by atoms with Crippen LogP contribution in [0, 0.1) is 0 Å². The van der Waals surface area contributed by atoms with Crippen molar-refractivity contribution < 1.29 is 28.6 Å². The van der Waals surface area contributed by atoms with Gasteiger partial charge in [-0.1, -0.05) is 250 Å². The number of hydrogen-bond acceptors (Lipinski definition) is 6. The molecule has 0 aliphatic rings. The van der Waals surface area contributed by atoms with Gasteiger partial charge in [0.25, 0.3) is 0 Å². The molecule has 0 aromatic carbocycles. The van der Waals surface area contributed by atoms with Gasteiger partial charge in [0.1, 0.15) is 13.2 Å². The first-order valence-electron chi connectivity index (χ1n) is 27.0. The van der Waals surface area contributed by atoms with Crippen LogP contribution in [-0.2, 0) is 28.6 Å². The first kappa shape index (κ1) is 59.6. The zero-order chi connectivity index (χ0) is 45.1. The monoisotopic (exact) mass is 871 g/mol. The molecule has 0 aliphatic heterocycles. The molecule has 6 nitrogen and oxygen atoms in total. The van der Waals surface area contributed by atoms with E-state index in [0.29, 0.717) is 19.3 Å². The molecule has 1 atom stereocenters. The van der Waals surface area contributed by atoms with Crippen LogP contribution < -0.4 is 0 Å². The second kappa shape index (κ2) is 51.3. The maximum absolute atomic E-state index is 12.8. The summed E-state index contributed by atoms with van der Waals surface area (Å²) in [6.45, 7) is 6.54. The Kier molecular flexibility index (Phi) is 49.3. The summed E-state index contributed by atoms with van der Waals surface area (Å²) >= 11 is 0. The molecule has 0 aliphatic carbocycles. The number of ether oxygens (including phenoxy) is 3. The largest absolute Gasteiger partial charge is 0.462 e. The highest BCUT2D eigenvalue weighted by Crippen LogP contribution is 2.16. The Balaban J connectivity index is 4.35. The normalized spacial score (nSPS) is 12.2. The molecule has 0 aromatic rings. The van der Waals surface area contributed by atoms with Crippen LogP contribution in [0.25, 0.3) is 0 Å². The van der Waals surface area contributed by atoms with Gasteiger partial charge in [-0.05, 0) is 51.4 Å². The number of allylic oxidation sites excluding steroid dienone is 6. The summed E-state index contributed by atoms with van der Waals surface area (Å²) in [7, 11) is 0. The Morgan fingerprint density at radius 3 is 0.984 bits per heavy atom. The first-order chi connectivity index (χ1) is 30.5. The van der Waals surface area contributed by atoms with E-state index in [4.69, 9.17) is 14.2 Å².